The molecule has 0 unspecified atom stereocenters. The van der Waals surface area contributed by atoms with E-state index in [-0.39, 0.29) is 11.1 Å². The third kappa shape index (κ3) is 4.03. The molecular formula is C35H32NO+. The van der Waals surface area contributed by atoms with Gasteiger partial charge in [-0.2, -0.15) is 0 Å². The minimum Gasteiger partial charge on any atom is -0.455 e. The minimum absolute atomic E-state index is 0.0520. The predicted octanol–water partition coefficient (Wildman–Crippen LogP) is 9.15. The van der Waals surface area contributed by atoms with E-state index in [0.29, 0.717) is 38.9 Å². The summed E-state index contributed by atoms with van der Waals surface area (Å²) in [6.45, 7) is 2.75. The Hall–Kier alpha value is -4.17. The van der Waals surface area contributed by atoms with Crippen molar-refractivity contribution in [2.24, 2.45) is 7.05 Å². The highest BCUT2D eigenvalue weighted by Crippen LogP contribution is 2.39. The van der Waals surface area contributed by atoms with Gasteiger partial charge in [-0.05, 0) is 65.2 Å². The van der Waals surface area contributed by atoms with Gasteiger partial charge in [0, 0.05) is 27.9 Å². The lowest BCUT2D eigenvalue weighted by Crippen LogP contribution is -2.32. The standard InChI is InChI=1S/C35H32NO/c1-22(2)31-20-32(36(5)21-24(31)4)34-23(3)11-17-30-29-18-16-28(19-33(29)37-35(30)34)27-14-12-26(13-15-27)25-9-7-6-8-10-25/h6-22H,1-5H3/q+1/i4D3,6D,7D,8D,9D,10D,12D,13D,14D,15D,22D. The molecular weight excluding hydrogens is 450 g/mol. The first kappa shape index (κ1) is 12.9. The Morgan fingerprint density at radius 3 is 2.19 bits per heavy atom. The summed E-state index contributed by atoms with van der Waals surface area (Å²) < 4.78 is 117. The molecule has 6 rings (SSSR count). The monoisotopic (exact) mass is 495 g/mol. The van der Waals surface area contributed by atoms with Crippen molar-refractivity contribution in [2.45, 2.75) is 33.5 Å². The Kier molecular flexibility index (Phi) is 3.15. The number of aryl methyl sites for hydroxylation is 3. The topological polar surface area (TPSA) is 17.0 Å². The molecule has 6 aromatic rings. The normalized spacial score (nSPS) is 17.2. The van der Waals surface area contributed by atoms with Gasteiger partial charge in [0.05, 0.1) is 17.9 Å². The van der Waals surface area contributed by atoms with Crippen LogP contribution >= 0.6 is 0 Å². The number of fused-ring (bicyclic) bond motifs is 3. The zero-order chi connectivity index (χ0) is 36.9. The number of aromatic nitrogens is 1. The Balaban J connectivity index is 1.58. The molecule has 2 nitrogen and oxygen atoms in total. The van der Waals surface area contributed by atoms with Crippen LogP contribution in [0.15, 0.2) is 101 Å². The highest BCUT2D eigenvalue weighted by Gasteiger charge is 2.23. The van der Waals surface area contributed by atoms with Crippen LogP contribution < -0.4 is 4.57 Å². The summed E-state index contributed by atoms with van der Waals surface area (Å²) in [6, 6.07) is 5.37. The molecule has 0 atom stereocenters. The number of nitrogens with zero attached hydrogens (tertiary/aromatic N) is 1. The largest absolute Gasteiger partial charge is 0.455 e. The van der Waals surface area contributed by atoms with Gasteiger partial charge < -0.3 is 4.42 Å². The zero-order valence-electron chi connectivity index (χ0n) is 33.9. The number of furan rings is 1. The maximum absolute atomic E-state index is 8.86. The molecule has 182 valence electrons. The Morgan fingerprint density at radius 2 is 1.49 bits per heavy atom. The van der Waals surface area contributed by atoms with Gasteiger partial charge in [-0.3, -0.25) is 0 Å². The molecule has 37 heavy (non-hydrogen) atoms. The average Bonchev–Trinajstić information content (AvgIpc) is 3.40. The van der Waals surface area contributed by atoms with Crippen molar-refractivity contribution in [1.82, 2.24) is 0 Å². The van der Waals surface area contributed by atoms with Crippen molar-refractivity contribution in [1.29, 1.82) is 0 Å². The van der Waals surface area contributed by atoms with Crippen LogP contribution in [0.25, 0.3) is 55.4 Å². The van der Waals surface area contributed by atoms with Gasteiger partial charge in [-0.15, -0.1) is 0 Å². The van der Waals surface area contributed by atoms with Crippen molar-refractivity contribution in [3.63, 3.8) is 0 Å². The van der Waals surface area contributed by atoms with Gasteiger partial charge in [-0.1, -0.05) is 86.4 Å². The maximum atomic E-state index is 8.86. The molecule has 0 aliphatic heterocycles. The minimum atomic E-state index is -2.43. The molecule has 0 N–H and O–H groups in total. The quantitative estimate of drug-likeness (QED) is 0.223. The fraction of sp³-hybridized carbons (Fsp3) is 0.171. The third-order valence-electron chi connectivity index (χ3n) is 6.58. The molecule has 0 aliphatic rings. The number of hydrogen-bond acceptors (Lipinski definition) is 1. The molecule has 0 amide bonds. The van der Waals surface area contributed by atoms with Crippen LogP contribution in [0.1, 0.15) is 54.3 Å². The fourth-order valence-electron chi connectivity index (χ4n) is 4.68. The summed E-state index contributed by atoms with van der Waals surface area (Å²) in [5, 5.41) is 1.45. The molecule has 0 radical (unpaired) electrons. The van der Waals surface area contributed by atoms with Crippen molar-refractivity contribution in [2.75, 3.05) is 0 Å². The van der Waals surface area contributed by atoms with Crippen LogP contribution in [0.2, 0.25) is 0 Å². The van der Waals surface area contributed by atoms with Gasteiger partial charge in [0.1, 0.15) is 18.2 Å². The number of hydrogen-bond donors (Lipinski definition) is 0. The van der Waals surface area contributed by atoms with Gasteiger partial charge in [0.25, 0.3) is 0 Å². The molecule has 0 bridgehead atoms. The first-order valence-corrected chi connectivity index (χ1v) is 11.9. The Morgan fingerprint density at radius 1 is 0.811 bits per heavy atom. The fourth-order valence-corrected chi connectivity index (χ4v) is 4.68. The maximum Gasteiger partial charge on any atom is 0.216 e. The van der Waals surface area contributed by atoms with E-state index in [0.717, 1.165) is 10.9 Å². The van der Waals surface area contributed by atoms with Crippen molar-refractivity contribution < 1.29 is 26.8 Å². The van der Waals surface area contributed by atoms with E-state index in [2.05, 4.69) is 0 Å². The average molecular weight is 496 g/mol. The highest BCUT2D eigenvalue weighted by molar-refractivity contribution is 6.10. The molecule has 4 aromatic carbocycles. The predicted molar refractivity (Wildman–Crippen MR) is 155 cm³/mol. The van der Waals surface area contributed by atoms with Gasteiger partial charge >= 0.3 is 0 Å². The first-order valence-electron chi connectivity index (χ1n) is 18.4. The summed E-state index contributed by atoms with van der Waals surface area (Å²) in [6.07, 6.45) is 1.53. The lowest BCUT2D eigenvalue weighted by Gasteiger charge is -2.12. The molecule has 0 aliphatic carbocycles. The molecule has 0 saturated carbocycles. The molecule has 2 heterocycles. The van der Waals surface area contributed by atoms with Gasteiger partial charge in [0.2, 0.25) is 5.69 Å². The second-order valence-electron chi connectivity index (χ2n) is 9.29. The molecule has 0 saturated heterocycles. The number of benzene rings is 4. The van der Waals surface area contributed by atoms with E-state index < -0.39 is 78.3 Å². The van der Waals surface area contributed by atoms with Crippen molar-refractivity contribution >= 4 is 21.9 Å². The number of rotatable bonds is 4. The van der Waals surface area contributed by atoms with Crippen LogP contribution in [0, 0.1) is 13.8 Å². The first-order chi connectivity index (χ1) is 23.2. The second kappa shape index (κ2) is 9.05. The van der Waals surface area contributed by atoms with Gasteiger partial charge in [0.15, 0.2) is 6.20 Å². The van der Waals surface area contributed by atoms with E-state index in [4.69, 9.17) is 22.2 Å². The van der Waals surface area contributed by atoms with Crippen LogP contribution in [-0.4, -0.2) is 0 Å². The third-order valence-corrected chi connectivity index (χ3v) is 6.58. The Labute approximate surface area is 237 Å². The van der Waals surface area contributed by atoms with E-state index in [1.165, 1.54) is 6.20 Å². The summed E-state index contributed by atoms with van der Waals surface area (Å²) in [7, 11) is 1.74. The van der Waals surface area contributed by atoms with Crippen molar-refractivity contribution in [3.8, 4) is 33.5 Å². The SMILES string of the molecule is [2H]c1c([2H])c([2H])c(-c2c([2H])c([2H])c(-c3ccc4c(c3)oc3c(-c5cc(C([2H])(C)C)c(C([2H])([2H])[2H])c[n+]5C)c(C)ccc34)c([2H])c2[2H])c([2H])c1[2H]. The van der Waals surface area contributed by atoms with E-state index >= 15 is 0 Å². The van der Waals surface area contributed by atoms with Crippen LogP contribution in [0.3, 0.4) is 0 Å². The zero-order valence-corrected chi connectivity index (χ0v) is 20.9. The number of pyridine rings is 1. The summed E-state index contributed by atoms with van der Waals surface area (Å²) in [4.78, 5) is 0. The van der Waals surface area contributed by atoms with Crippen LogP contribution in [0.5, 0.6) is 0 Å². The smallest absolute Gasteiger partial charge is 0.216 e. The van der Waals surface area contributed by atoms with Crippen molar-refractivity contribution in [3.05, 3.63) is 114 Å². The Bertz CT molecular complexity index is 2360. The molecule has 2 aromatic heterocycles. The molecule has 2 heteroatoms. The van der Waals surface area contributed by atoms with E-state index in [1.807, 2.05) is 19.1 Å². The molecule has 0 fully saturated rings. The second-order valence-corrected chi connectivity index (χ2v) is 9.29. The van der Waals surface area contributed by atoms with Gasteiger partial charge in [-0.25, -0.2) is 4.57 Å². The van der Waals surface area contributed by atoms with Crippen LogP contribution in [0.4, 0.5) is 0 Å². The summed E-state index contributed by atoms with van der Waals surface area (Å²) in [5.41, 5.74) is 2.95. The molecule has 0 spiro atoms. The lowest BCUT2D eigenvalue weighted by atomic mass is 9.94. The highest BCUT2D eigenvalue weighted by atomic mass is 16.3. The van der Waals surface area contributed by atoms with E-state index in [9.17, 15) is 0 Å². The van der Waals surface area contributed by atoms with E-state index in [1.54, 1.807) is 49.7 Å². The summed E-state index contributed by atoms with van der Waals surface area (Å²) in [5.74, 6) is -1.22. The lowest BCUT2D eigenvalue weighted by molar-refractivity contribution is -0.660. The summed E-state index contributed by atoms with van der Waals surface area (Å²) >= 11 is 0. The van der Waals surface area contributed by atoms with Crippen LogP contribution in [-0.2, 0) is 7.05 Å².